The Morgan fingerprint density at radius 3 is 0.702 bits per heavy atom. The first-order chi connectivity index (χ1) is 27.7. The van der Waals surface area contributed by atoms with Crippen molar-refractivity contribution in [2.75, 3.05) is 0 Å². The quantitative estimate of drug-likeness (QED) is 0.148. The molecule has 2 aliphatic rings. The number of rotatable bonds is 0. The van der Waals surface area contributed by atoms with E-state index in [1.54, 1.807) is 0 Å². The van der Waals surface area contributed by atoms with E-state index in [0.29, 0.717) is 45.9 Å². The van der Waals surface area contributed by atoms with Crippen molar-refractivity contribution in [1.82, 2.24) is 39.9 Å². The van der Waals surface area contributed by atoms with Gasteiger partial charge in [0.2, 0.25) is 0 Å². The molecule has 3 aromatic heterocycles. The fourth-order valence-corrected chi connectivity index (χ4v) is 8.54. The van der Waals surface area contributed by atoms with E-state index in [0.717, 1.165) is 86.9 Å². The monoisotopic (exact) mass is 777 g/mol. The Morgan fingerprint density at radius 1 is 0.263 bits per heavy atom. The molecule has 0 aliphatic carbocycles. The van der Waals surface area contributed by atoms with Gasteiger partial charge in [0.05, 0.1) is 0 Å². The first-order valence-electron chi connectivity index (χ1n) is 18.6. The maximum atomic E-state index is 5.31. The summed E-state index contributed by atoms with van der Waals surface area (Å²) in [5.74, 6) is 2.32. The van der Waals surface area contributed by atoms with Gasteiger partial charge in [-0.1, -0.05) is 97.1 Å². The number of hydrogen-bond donors (Lipinski definition) is 2. The van der Waals surface area contributed by atoms with Gasteiger partial charge >= 0.3 is 0 Å². The van der Waals surface area contributed by atoms with Crippen LogP contribution in [0.2, 0.25) is 0 Å². The zero-order valence-corrected chi connectivity index (χ0v) is 30.8. The van der Waals surface area contributed by atoms with E-state index >= 15 is 0 Å². The predicted octanol–water partition coefficient (Wildman–Crippen LogP) is 11.5. The molecule has 0 unspecified atom stereocenters. The summed E-state index contributed by atoms with van der Waals surface area (Å²) in [6.07, 6.45) is 0. The van der Waals surface area contributed by atoms with E-state index in [4.69, 9.17) is 29.9 Å². The van der Waals surface area contributed by atoms with Crippen molar-refractivity contribution in [3.05, 3.63) is 146 Å². The molecule has 57 heavy (non-hydrogen) atoms. The minimum atomic E-state index is 0. The fourth-order valence-electron chi connectivity index (χ4n) is 8.54. The van der Waals surface area contributed by atoms with Gasteiger partial charge in [-0.25, -0.2) is 29.9 Å². The van der Waals surface area contributed by atoms with Crippen molar-refractivity contribution in [1.29, 1.82) is 0 Å². The number of benzene rings is 8. The third-order valence-corrected chi connectivity index (χ3v) is 11.3. The Labute approximate surface area is 333 Å². The third-order valence-electron chi connectivity index (χ3n) is 11.3. The molecule has 0 atom stereocenters. The summed E-state index contributed by atoms with van der Waals surface area (Å²) in [6, 6.07) is 50.9. The molecule has 0 saturated heterocycles. The molecule has 13 rings (SSSR count). The average Bonchev–Trinajstić information content (AvgIpc) is 3.95. The molecule has 11 aromatic rings. The van der Waals surface area contributed by atoms with Crippen LogP contribution in [0.3, 0.4) is 0 Å². The molecule has 5 heterocycles. The van der Waals surface area contributed by atoms with Crippen molar-refractivity contribution >= 4 is 87.2 Å². The molecule has 0 amide bonds. The Kier molecular flexibility index (Phi) is 6.64. The summed E-state index contributed by atoms with van der Waals surface area (Å²) >= 11 is 0. The average molecular weight is 778 g/mol. The van der Waals surface area contributed by atoms with Crippen LogP contribution in [-0.4, -0.2) is 39.9 Å². The van der Waals surface area contributed by atoms with E-state index in [9.17, 15) is 0 Å². The van der Waals surface area contributed by atoms with Gasteiger partial charge in [0, 0.05) is 60.9 Å². The predicted molar refractivity (Wildman–Crippen MR) is 226 cm³/mol. The van der Waals surface area contributed by atoms with E-state index in [2.05, 4.69) is 156 Å². The normalized spacial score (nSPS) is 12.1. The molecule has 269 valence electrons. The third kappa shape index (κ3) is 4.80. The summed E-state index contributed by atoms with van der Waals surface area (Å²) in [5.41, 5.74) is 6.34. The fraction of sp³-hybridized carbons (Fsp3) is 0. The summed E-state index contributed by atoms with van der Waals surface area (Å²) in [7, 11) is 0. The molecule has 0 spiro atoms. The number of aromatic amines is 2. The standard InChI is InChI=1S/C48H26N8.Cu/c1-2-10-26-18-34-33(17-25(26)9-1)41-49-42(34)54-44-37-21-29-13-5-6-14-30(29)22-38(37)46(51-44)56-48-40-24-32-16-8-7-15-31(32)23-39(40)47(52-48)55-45-36-20-28-12-4-3-11-27(28)19-35(36)43(50-45)53-41;/h1-24H,(H2,49,50,51,52,53,54,55,56);. The largest absolute Gasteiger partial charge is 0.324 e. The Bertz CT molecular complexity index is 3260. The SMILES string of the molecule is [Cu].c1ccc2cc3c(cc2c1)-c1nc-3nc2[nH]c(nc3nc(nc4[nH]c(n1)c1cc5ccccc5cc41)-c1cc4ccccc4cc1-3)c1cc3ccccc3cc21. The van der Waals surface area contributed by atoms with Crippen molar-refractivity contribution in [3.63, 3.8) is 0 Å². The maximum Gasteiger partial charge on any atom is 0.164 e. The molecule has 9 heteroatoms. The topological polar surface area (TPSA) is 109 Å². The van der Waals surface area contributed by atoms with Crippen molar-refractivity contribution in [2.45, 2.75) is 0 Å². The molecule has 0 fully saturated rings. The van der Waals surface area contributed by atoms with Crippen molar-refractivity contribution in [3.8, 4) is 45.6 Å². The second-order valence-corrected chi connectivity index (χ2v) is 14.6. The molecule has 8 bridgehead atoms. The molecule has 8 nitrogen and oxygen atoms in total. The summed E-state index contributed by atoms with van der Waals surface area (Å²) in [4.78, 5) is 38.8. The molecular weight excluding hydrogens is 752 g/mol. The maximum absolute atomic E-state index is 5.31. The minimum Gasteiger partial charge on any atom is -0.324 e. The number of nitrogens with zero attached hydrogens (tertiary/aromatic N) is 6. The number of aromatic nitrogens is 8. The second kappa shape index (κ2) is 11.8. The van der Waals surface area contributed by atoms with Gasteiger partial charge in [-0.05, 0) is 91.6 Å². The van der Waals surface area contributed by atoms with Gasteiger partial charge in [0.25, 0.3) is 0 Å². The van der Waals surface area contributed by atoms with Crippen molar-refractivity contribution in [2.24, 2.45) is 0 Å². The first-order valence-corrected chi connectivity index (χ1v) is 18.6. The first kappa shape index (κ1) is 32.0. The molecule has 1 radical (unpaired) electrons. The van der Waals surface area contributed by atoms with Gasteiger partial charge < -0.3 is 9.97 Å². The van der Waals surface area contributed by atoms with Crippen molar-refractivity contribution < 1.29 is 17.1 Å². The van der Waals surface area contributed by atoms with Crippen LogP contribution in [0.15, 0.2) is 146 Å². The van der Waals surface area contributed by atoms with E-state index in [1.165, 1.54) is 0 Å². The van der Waals surface area contributed by atoms with Crippen LogP contribution in [0.4, 0.5) is 0 Å². The van der Waals surface area contributed by atoms with E-state index in [1.807, 2.05) is 0 Å². The van der Waals surface area contributed by atoms with Crippen LogP contribution in [0.5, 0.6) is 0 Å². The Morgan fingerprint density at radius 2 is 0.474 bits per heavy atom. The van der Waals surface area contributed by atoms with Crippen LogP contribution < -0.4 is 0 Å². The van der Waals surface area contributed by atoms with E-state index < -0.39 is 0 Å². The Balaban J connectivity index is 0.00000356. The van der Waals surface area contributed by atoms with Gasteiger partial charge in [-0.15, -0.1) is 0 Å². The summed E-state index contributed by atoms with van der Waals surface area (Å²) in [5, 5.41) is 12.6. The summed E-state index contributed by atoms with van der Waals surface area (Å²) < 4.78 is 0. The zero-order valence-electron chi connectivity index (χ0n) is 29.8. The Hall–Kier alpha value is -7.32. The molecule has 0 saturated carbocycles. The van der Waals surface area contributed by atoms with Gasteiger partial charge in [-0.2, -0.15) is 0 Å². The molecule has 8 aromatic carbocycles. The number of H-pyrrole nitrogens is 2. The number of hydrogen-bond acceptors (Lipinski definition) is 6. The second-order valence-electron chi connectivity index (χ2n) is 14.6. The van der Waals surface area contributed by atoms with Gasteiger partial charge in [0.15, 0.2) is 23.3 Å². The van der Waals surface area contributed by atoms with Crippen LogP contribution in [0.1, 0.15) is 0 Å². The van der Waals surface area contributed by atoms with Crippen LogP contribution in [0.25, 0.3) is 133 Å². The number of nitrogens with one attached hydrogen (secondary N) is 2. The van der Waals surface area contributed by atoms with Crippen LogP contribution >= 0.6 is 0 Å². The minimum absolute atomic E-state index is 0. The van der Waals surface area contributed by atoms with E-state index in [-0.39, 0.29) is 17.1 Å². The zero-order chi connectivity index (χ0) is 36.5. The molecular formula is C48H26CuN8. The van der Waals surface area contributed by atoms with Crippen LogP contribution in [0, 0.1) is 0 Å². The molecule has 2 aliphatic heterocycles. The van der Waals surface area contributed by atoms with Gasteiger partial charge in [-0.3, -0.25) is 0 Å². The summed E-state index contributed by atoms with van der Waals surface area (Å²) in [6.45, 7) is 0. The number of fused-ring (bicyclic) bond motifs is 24. The molecule has 2 N–H and O–H groups in total. The van der Waals surface area contributed by atoms with Gasteiger partial charge in [0.1, 0.15) is 22.6 Å². The smallest absolute Gasteiger partial charge is 0.164 e. The van der Waals surface area contributed by atoms with Crippen LogP contribution in [-0.2, 0) is 17.1 Å².